The molecule has 2 N–H and O–H groups in total. The molecule has 0 bridgehead atoms. The standard InChI is InChI=1S/C12H25.3C9H13N.BrH.Na.H2O4S/c1-3-5-7-9-11-12-10-8-6-4-2;3*1-10(2)8-9-6-4-3-5-7-9;;;1-5(2,3)4/h1,3-12H2,2H3;3*3-7H,8H2,1-2H3;1H;;(H2,1,2,3,4). The van der Waals surface area contributed by atoms with E-state index in [4.69, 9.17) is 17.5 Å². The second-order valence-corrected chi connectivity index (χ2v) is 14.7. The Morgan fingerprint density at radius 1 is 0.490 bits per heavy atom. The van der Waals surface area contributed by atoms with Gasteiger partial charge < -0.3 is 14.7 Å². The maximum absolute atomic E-state index is 8.74. The predicted molar refractivity (Wildman–Crippen MR) is 218 cm³/mol. The molecule has 0 aliphatic rings. The monoisotopic (exact) mass is 775 g/mol. The fourth-order valence-corrected chi connectivity index (χ4v) is 5.08. The number of hydrogen-bond acceptors (Lipinski definition) is 5. The van der Waals surface area contributed by atoms with Crippen molar-refractivity contribution in [3.05, 3.63) is 108 Å². The summed E-state index contributed by atoms with van der Waals surface area (Å²) in [5.41, 5.74) is 4.10. The molecular formula is C39H67BrN3NaO4S. The minimum Gasteiger partial charge on any atom is -0.305 e. The van der Waals surface area contributed by atoms with Gasteiger partial charge in [-0.15, -0.1) is 17.0 Å². The van der Waals surface area contributed by atoms with Gasteiger partial charge >= 0.3 is 113 Å². The van der Waals surface area contributed by atoms with Gasteiger partial charge in [0.25, 0.3) is 0 Å². The van der Waals surface area contributed by atoms with E-state index in [0.717, 1.165) is 19.6 Å². The molecule has 0 saturated heterocycles. The Balaban J connectivity index is -0.000000549. The van der Waals surface area contributed by atoms with Crippen LogP contribution in [0.5, 0.6) is 0 Å². The molecule has 10 heteroatoms. The van der Waals surface area contributed by atoms with E-state index in [2.05, 4.69) is 137 Å². The minimum atomic E-state index is -4.67. The quantitative estimate of drug-likeness (QED) is 0.0852. The Bertz CT molecular complexity index is 1050. The van der Waals surface area contributed by atoms with E-state index in [9.17, 15) is 0 Å². The van der Waals surface area contributed by atoms with Gasteiger partial charge in [0, 0.05) is 19.6 Å². The summed E-state index contributed by atoms with van der Waals surface area (Å²) in [4.78, 5) is 6.49. The minimum absolute atomic E-state index is 0. The van der Waals surface area contributed by atoms with E-state index in [-0.39, 0.29) is 17.0 Å². The molecule has 3 aromatic carbocycles. The van der Waals surface area contributed by atoms with Crippen molar-refractivity contribution >= 4 is 55.3 Å². The van der Waals surface area contributed by atoms with Gasteiger partial charge in [-0.3, -0.25) is 9.11 Å². The van der Waals surface area contributed by atoms with Crippen molar-refractivity contribution in [3.63, 3.8) is 0 Å². The first-order chi connectivity index (χ1) is 22.8. The summed E-state index contributed by atoms with van der Waals surface area (Å²) in [5.74, 6) is 0. The summed E-state index contributed by atoms with van der Waals surface area (Å²) in [6.07, 6.45) is 14.7. The summed E-state index contributed by atoms with van der Waals surface area (Å²) < 4.78 is 33.1. The SMILES string of the molecule is Br.CCCCCCCCCCC[CH2][Na].CN(C)Cc1ccccc1.CN(C)Cc1ccccc1.CN(C)Cc1ccccc1.O=S(=O)(O)O. The molecular weight excluding hydrogens is 709 g/mol. The molecule has 0 aliphatic heterocycles. The number of benzene rings is 3. The van der Waals surface area contributed by atoms with Crippen molar-refractivity contribution in [1.29, 1.82) is 0 Å². The van der Waals surface area contributed by atoms with Crippen molar-refractivity contribution in [2.75, 3.05) is 42.3 Å². The normalized spacial score (nSPS) is 10.3. The van der Waals surface area contributed by atoms with Crippen LogP contribution in [0.3, 0.4) is 0 Å². The number of unbranched alkanes of at least 4 members (excludes halogenated alkanes) is 9. The Kier molecular flexibility index (Phi) is 39.1. The van der Waals surface area contributed by atoms with E-state index in [1.165, 1.54) is 112 Å². The molecule has 0 radical (unpaired) electrons. The number of hydrogen-bond donors (Lipinski definition) is 2. The summed E-state index contributed by atoms with van der Waals surface area (Å²) in [7, 11) is 7.79. The zero-order valence-electron chi connectivity index (χ0n) is 31.9. The molecule has 49 heavy (non-hydrogen) atoms. The van der Waals surface area contributed by atoms with Crippen LogP contribution in [-0.2, 0) is 30.0 Å². The fourth-order valence-electron chi connectivity index (χ4n) is 4.58. The summed E-state index contributed by atoms with van der Waals surface area (Å²) >= 11 is 1.41. The van der Waals surface area contributed by atoms with E-state index in [1.807, 2.05) is 18.2 Å². The Morgan fingerprint density at radius 2 is 0.714 bits per heavy atom. The Labute approximate surface area is 329 Å². The second kappa shape index (κ2) is 36.7. The molecule has 0 spiro atoms. The van der Waals surface area contributed by atoms with Crippen LogP contribution in [0.1, 0.15) is 87.8 Å². The number of halogens is 1. The first-order valence-electron chi connectivity index (χ1n) is 17.5. The molecule has 3 aromatic rings. The van der Waals surface area contributed by atoms with Gasteiger partial charge in [-0.05, 0) is 59.0 Å². The van der Waals surface area contributed by atoms with Crippen LogP contribution in [0.15, 0.2) is 91.0 Å². The number of rotatable bonds is 16. The Morgan fingerprint density at radius 3 is 0.918 bits per heavy atom. The second-order valence-electron chi connectivity index (χ2n) is 12.8. The van der Waals surface area contributed by atoms with Gasteiger partial charge in [0.1, 0.15) is 0 Å². The maximum atomic E-state index is 8.74. The molecule has 0 atom stereocenters. The first kappa shape index (κ1) is 52.3. The zero-order chi connectivity index (χ0) is 36.5. The van der Waals surface area contributed by atoms with Crippen molar-refractivity contribution < 1.29 is 17.5 Å². The van der Waals surface area contributed by atoms with Crippen LogP contribution in [0.25, 0.3) is 0 Å². The van der Waals surface area contributed by atoms with Gasteiger partial charge in [0.15, 0.2) is 0 Å². The van der Waals surface area contributed by atoms with E-state index in [0.29, 0.717) is 0 Å². The number of nitrogens with zero attached hydrogens (tertiary/aromatic N) is 3. The molecule has 0 unspecified atom stereocenters. The summed E-state index contributed by atoms with van der Waals surface area (Å²) in [5, 5.41) is 0. The van der Waals surface area contributed by atoms with Gasteiger partial charge in [-0.2, -0.15) is 8.42 Å². The molecule has 0 aliphatic carbocycles. The van der Waals surface area contributed by atoms with Gasteiger partial charge in [0.2, 0.25) is 0 Å². The van der Waals surface area contributed by atoms with E-state index < -0.39 is 10.4 Å². The van der Waals surface area contributed by atoms with Crippen molar-refractivity contribution in [1.82, 2.24) is 14.7 Å². The summed E-state index contributed by atoms with van der Waals surface area (Å²) in [6.45, 7) is 5.37. The topological polar surface area (TPSA) is 84.3 Å². The predicted octanol–water partition coefficient (Wildman–Crippen LogP) is 9.66. The molecule has 7 nitrogen and oxygen atoms in total. The van der Waals surface area contributed by atoms with E-state index in [1.54, 1.807) is 0 Å². The molecule has 0 amide bonds. The van der Waals surface area contributed by atoms with Gasteiger partial charge in [-0.1, -0.05) is 91.0 Å². The molecule has 0 aromatic heterocycles. The van der Waals surface area contributed by atoms with Crippen LogP contribution in [0.2, 0.25) is 3.67 Å². The van der Waals surface area contributed by atoms with Gasteiger partial charge in [-0.25, -0.2) is 0 Å². The van der Waals surface area contributed by atoms with Crippen LogP contribution in [0, 0.1) is 0 Å². The maximum Gasteiger partial charge on any atom is 0.394 e. The third kappa shape index (κ3) is 46.9. The van der Waals surface area contributed by atoms with Crippen LogP contribution >= 0.6 is 17.0 Å². The average molecular weight is 777 g/mol. The van der Waals surface area contributed by atoms with Crippen molar-refractivity contribution in [2.24, 2.45) is 0 Å². The zero-order valence-corrected chi connectivity index (χ0v) is 36.5. The third-order valence-electron chi connectivity index (χ3n) is 6.73. The molecule has 0 saturated carbocycles. The smallest absolute Gasteiger partial charge is 0.305 e. The molecule has 3 rings (SSSR count). The van der Waals surface area contributed by atoms with E-state index >= 15 is 0 Å². The first-order valence-corrected chi connectivity index (χ1v) is 20.3. The largest absolute Gasteiger partial charge is 0.394 e. The van der Waals surface area contributed by atoms with Crippen molar-refractivity contribution in [2.45, 2.75) is 94.4 Å². The Hall–Kier alpha value is -1.11. The van der Waals surface area contributed by atoms with Crippen LogP contribution in [0.4, 0.5) is 0 Å². The van der Waals surface area contributed by atoms with Gasteiger partial charge in [0.05, 0.1) is 0 Å². The fraction of sp³-hybridized carbons (Fsp3) is 0.538. The van der Waals surface area contributed by atoms with Crippen LogP contribution < -0.4 is 0 Å². The summed E-state index contributed by atoms with van der Waals surface area (Å²) in [6, 6.07) is 31.4. The molecule has 276 valence electrons. The molecule has 0 fully saturated rings. The average Bonchev–Trinajstić information content (AvgIpc) is 3.01. The van der Waals surface area contributed by atoms with Crippen LogP contribution in [-0.4, -0.2) is 102 Å². The third-order valence-corrected chi connectivity index (χ3v) is 7.44. The van der Waals surface area contributed by atoms with Crippen molar-refractivity contribution in [3.8, 4) is 0 Å². The molecule has 0 heterocycles.